The Bertz CT molecular complexity index is 189. The Morgan fingerprint density at radius 3 is 2.53 bits per heavy atom. The third kappa shape index (κ3) is 3.10. The molecular formula is C13H24ClN. The topological polar surface area (TPSA) is 3.24 Å². The monoisotopic (exact) mass is 229 g/mol. The summed E-state index contributed by atoms with van der Waals surface area (Å²) in [5.74, 6) is 2.45. The van der Waals surface area contributed by atoms with Crippen LogP contribution in [0.5, 0.6) is 0 Å². The van der Waals surface area contributed by atoms with Gasteiger partial charge >= 0.3 is 0 Å². The third-order valence-electron chi connectivity index (χ3n) is 4.08. The number of halogens is 1. The van der Waals surface area contributed by atoms with Gasteiger partial charge in [-0.1, -0.05) is 26.2 Å². The third-order valence-corrected chi connectivity index (χ3v) is 4.52. The molecule has 88 valence electrons. The molecular weight excluding hydrogens is 206 g/mol. The van der Waals surface area contributed by atoms with E-state index in [-0.39, 0.29) is 0 Å². The lowest BCUT2D eigenvalue weighted by molar-refractivity contribution is 0.0769. The van der Waals surface area contributed by atoms with E-state index in [1.54, 1.807) is 0 Å². The summed E-state index contributed by atoms with van der Waals surface area (Å²) in [5, 5.41) is 0. The number of nitrogens with zero attached hydrogens (tertiary/aromatic N) is 1. The van der Waals surface area contributed by atoms with E-state index in [1.165, 1.54) is 51.6 Å². The first-order valence-electron chi connectivity index (χ1n) is 6.59. The first kappa shape index (κ1) is 11.7. The van der Waals surface area contributed by atoms with Crippen molar-refractivity contribution in [2.75, 3.05) is 19.0 Å². The van der Waals surface area contributed by atoms with Crippen LogP contribution in [-0.2, 0) is 0 Å². The molecule has 15 heavy (non-hydrogen) atoms. The van der Waals surface area contributed by atoms with Gasteiger partial charge in [0.05, 0.1) is 0 Å². The lowest BCUT2D eigenvalue weighted by atomic mass is 9.87. The zero-order chi connectivity index (χ0) is 10.7. The molecule has 0 aromatic rings. The number of likely N-dealkylation sites (tertiary alicyclic amines) is 1. The molecule has 2 aliphatic rings. The molecule has 0 spiro atoms. The van der Waals surface area contributed by atoms with Crippen LogP contribution in [0.1, 0.15) is 45.4 Å². The van der Waals surface area contributed by atoms with Crippen LogP contribution in [0.15, 0.2) is 0 Å². The summed E-state index contributed by atoms with van der Waals surface area (Å²) in [7, 11) is 0. The maximum absolute atomic E-state index is 6.02. The number of hydrogen-bond acceptors (Lipinski definition) is 1. The highest BCUT2D eigenvalue weighted by Crippen LogP contribution is 2.29. The minimum absolute atomic E-state index is 0.748. The molecule has 2 atom stereocenters. The van der Waals surface area contributed by atoms with E-state index < -0.39 is 0 Å². The first-order chi connectivity index (χ1) is 7.29. The standard InChI is InChI=1S/C13H24ClN/c1-11-7-12(8-14)10-15(9-11)13-5-3-2-4-6-13/h11-13H,2-10H2,1H3. The molecule has 2 unspecified atom stereocenters. The number of piperidine rings is 1. The van der Waals surface area contributed by atoms with E-state index in [9.17, 15) is 0 Å². The van der Waals surface area contributed by atoms with Gasteiger partial charge in [-0.15, -0.1) is 11.6 Å². The van der Waals surface area contributed by atoms with Crippen molar-refractivity contribution in [2.45, 2.75) is 51.5 Å². The normalized spacial score (nSPS) is 35.6. The second-order valence-electron chi connectivity index (χ2n) is 5.61. The van der Waals surface area contributed by atoms with Crippen LogP contribution in [0.25, 0.3) is 0 Å². The summed E-state index contributed by atoms with van der Waals surface area (Å²) in [6, 6.07) is 0.882. The molecule has 0 aromatic heterocycles. The zero-order valence-electron chi connectivity index (χ0n) is 9.92. The van der Waals surface area contributed by atoms with Crippen molar-refractivity contribution in [1.82, 2.24) is 4.90 Å². The lowest BCUT2D eigenvalue weighted by Crippen LogP contribution is -2.46. The Hall–Kier alpha value is 0.250. The van der Waals surface area contributed by atoms with Gasteiger partial charge < -0.3 is 0 Å². The highest BCUT2D eigenvalue weighted by molar-refractivity contribution is 6.18. The van der Waals surface area contributed by atoms with Crippen molar-refractivity contribution in [2.24, 2.45) is 11.8 Å². The maximum atomic E-state index is 6.02. The Labute approximate surface area is 99.2 Å². The van der Waals surface area contributed by atoms with Gasteiger partial charge in [0.25, 0.3) is 0 Å². The van der Waals surface area contributed by atoms with Crippen molar-refractivity contribution in [1.29, 1.82) is 0 Å². The van der Waals surface area contributed by atoms with Gasteiger partial charge in [-0.2, -0.15) is 0 Å². The summed E-state index contributed by atoms with van der Waals surface area (Å²) in [6.07, 6.45) is 8.55. The number of alkyl halides is 1. The molecule has 2 fully saturated rings. The quantitative estimate of drug-likeness (QED) is 0.655. The maximum Gasteiger partial charge on any atom is 0.0264 e. The van der Waals surface area contributed by atoms with E-state index >= 15 is 0 Å². The van der Waals surface area contributed by atoms with Gasteiger partial charge in [0.2, 0.25) is 0 Å². The Balaban J connectivity index is 1.89. The van der Waals surface area contributed by atoms with Crippen molar-refractivity contribution in [3.8, 4) is 0 Å². The van der Waals surface area contributed by atoms with Gasteiger partial charge in [0.1, 0.15) is 0 Å². The average Bonchev–Trinajstić information content (AvgIpc) is 2.29. The Kier molecular flexibility index (Phi) is 4.33. The van der Waals surface area contributed by atoms with Crippen LogP contribution in [0.4, 0.5) is 0 Å². The highest BCUT2D eigenvalue weighted by Gasteiger charge is 2.29. The van der Waals surface area contributed by atoms with E-state index in [4.69, 9.17) is 11.6 Å². The smallest absolute Gasteiger partial charge is 0.0264 e. The van der Waals surface area contributed by atoms with Crippen LogP contribution in [0.2, 0.25) is 0 Å². The van der Waals surface area contributed by atoms with E-state index in [1.807, 2.05) is 0 Å². The summed E-state index contributed by atoms with van der Waals surface area (Å²) >= 11 is 6.02. The van der Waals surface area contributed by atoms with Crippen LogP contribution >= 0.6 is 11.6 Å². The molecule has 2 heteroatoms. The van der Waals surface area contributed by atoms with E-state index in [0.717, 1.165) is 23.8 Å². The summed E-state index contributed by atoms with van der Waals surface area (Å²) in [5.41, 5.74) is 0. The molecule has 0 radical (unpaired) electrons. The number of rotatable bonds is 2. The molecule has 1 nitrogen and oxygen atoms in total. The van der Waals surface area contributed by atoms with Crippen LogP contribution < -0.4 is 0 Å². The fourth-order valence-electron chi connectivity index (χ4n) is 3.38. The van der Waals surface area contributed by atoms with Gasteiger partial charge in [-0.05, 0) is 31.1 Å². The molecule has 0 N–H and O–H groups in total. The molecule has 0 amide bonds. The summed E-state index contributed by atoms with van der Waals surface area (Å²) < 4.78 is 0. The molecule has 2 rings (SSSR count). The van der Waals surface area contributed by atoms with Gasteiger partial charge in [-0.25, -0.2) is 0 Å². The predicted octanol–water partition coefficient (Wildman–Crippen LogP) is 3.52. The van der Waals surface area contributed by atoms with Crippen molar-refractivity contribution >= 4 is 11.6 Å². The fraction of sp³-hybridized carbons (Fsp3) is 1.00. The number of hydrogen-bond donors (Lipinski definition) is 0. The van der Waals surface area contributed by atoms with E-state index in [2.05, 4.69) is 11.8 Å². The largest absolute Gasteiger partial charge is 0.300 e. The molecule has 1 saturated heterocycles. The minimum atomic E-state index is 0.748. The van der Waals surface area contributed by atoms with Crippen molar-refractivity contribution in [3.05, 3.63) is 0 Å². The molecule has 0 bridgehead atoms. The second kappa shape index (κ2) is 5.54. The molecule has 1 aliphatic carbocycles. The van der Waals surface area contributed by atoms with Crippen LogP contribution in [-0.4, -0.2) is 29.9 Å². The highest BCUT2D eigenvalue weighted by atomic mass is 35.5. The first-order valence-corrected chi connectivity index (χ1v) is 7.13. The fourth-order valence-corrected chi connectivity index (χ4v) is 3.60. The van der Waals surface area contributed by atoms with Gasteiger partial charge in [0.15, 0.2) is 0 Å². The molecule has 0 aromatic carbocycles. The Morgan fingerprint density at radius 1 is 1.13 bits per heavy atom. The van der Waals surface area contributed by atoms with Crippen LogP contribution in [0, 0.1) is 11.8 Å². The summed E-state index contributed by atoms with van der Waals surface area (Å²) in [4.78, 5) is 2.74. The SMILES string of the molecule is CC1CC(CCl)CN(C2CCCCC2)C1. The molecule has 1 heterocycles. The zero-order valence-corrected chi connectivity index (χ0v) is 10.7. The van der Waals surface area contributed by atoms with Gasteiger partial charge in [0, 0.05) is 25.0 Å². The van der Waals surface area contributed by atoms with Crippen molar-refractivity contribution in [3.63, 3.8) is 0 Å². The second-order valence-corrected chi connectivity index (χ2v) is 5.92. The summed E-state index contributed by atoms with van der Waals surface area (Å²) in [6.45, 7) is 4.96. The van der Waals surface area contributed by atoms with Crippen molar-refractivity contribution < 1.29 is 0 Å². The lowest BCUT2D eigenvalue weighted by Gasteiger charge is -2.42. The Morgan fingerprint density at radius 2 is 1.87 bits per heavy atom. The minimum Gasteiger partial charge on any atom is -0.300 e. The van der Waals surface area contributed by atoms with E-state index in [0.29, 0.717) is 0 Å². The predicted molar refractivity (Wildman–Crippen MR) is 66.4 cm³/mol. The average molecular weight is 230 g/mol. The van der Waals surface area contributed by atoms with Gasteiger partial charge in [-0.3, -0.25) is 4.90 Å². The molecule has 1 saturated carbocycles. The van der Waals surface area contributed by atoms with Crippen LogP contribution in [0.3, 0.4) is 0 Å². The molecule has 1 aliphatic heterocycles.